The fourth-order valence-electron chi connectivity index (χ4n) is 4.38. The number of piperazine rings is 1. The van der Waals surface area contributed by atoms with Crippen molar-refractivity contribution in [3.8, 4) is 0 Å². The van der Waals surface area contributed by atoms with Crippen LogP contribution in [-0.2, 0) is 4.79 Å². The largest absolute Gasteiger partial charge is 0.343 e. The Balaban J connectivity index is 1.41. The second kappa shape index (κ2) is 8.23. The summed E-state index contributed by atoms with van der Waals surface area (Å²) in [6.07, 6.45) is 5.65. The van der Waals surface area contributed by atoms with Gasteiger partial charge in [0.05, 0.1) is 0 Å². The summed E-state index contributed by atoms with van der Waals surface area (Å²) in [7, 11) is 3.85. The third kappa shape index (κ3) is 3.80. The molecule has 1 aromatic carbocycles. The molecule has 5 rings (SSSR count). The number of piperidine rings is 1. The van der Waals surface area contributed by atoms with Gasteiger partial charge in [0.15, 0.2) is 11.5 Å². The fraction of sp³-hybridized carbons (Fsp3) is 0.391. The van der Waals surface area contributed by atoms with Crippen LogP contribution in [0.5, 0.6) is 0 Å². The number of anilines is 3. The van der Waals surface area contributed by atoms with Crippen LogP contribution < -0.4 is 10.2 Å². The highest BCUT2D eigenvalue weighted by Gasteiger charge is 2.31. The van der Waals surface area contributed by atoms with E-state index in [1.807, 2.05) is 44.6 Å². The summed E-state index contributed by atoms with van der Waals surface area (Å²) in [6, 6.07) is 7.71. The molecule has 2 saturated heterocycles. The van der Waals surface area contributed by atoms with E-state index in [2.05, 4.69) is 31.8 Å². The number of nitrogens with one attached hydrogen (secondary N) is 1. The Kier molecular flexibility index (Phi) is 5.26. The van der Waals surface area contributed by atoms with E-state index >= 15 is 0 Å². The lowest BCUT2D eigenvalue weighted by Gasteiger charge is -2.37. The van der Waals surface area contributed by atoms with Crippen LogP contribution in [0.3, 0.4) is 0 Å². The van der Waals surface area contributed by atoms with Crippen LogP contribution in [0.4, 0.5) is 17.5 Å². The first-order valence-electron chi connectivity index (χ1n) is 10.9. The van der Waals surface area contributed by atoms with E-state index in [0.29, 0.717) is 17.4 Å². The number of fused-ring (bicyclic) bond motifs is 1. The van der Waals surface area contributed by atoms with Crippen LogP contribution >= 0.6 is 0 Å². The van der Waals surface area contributed by atoms with Gasteiger partial charge in [-0.1, -0.05) is 24.3 Å². The third-order valence-corrected chi connectivity index (χ3v) is 6.23. The van der Waals surface area contributed by atoms with Crippen molar-refractivity contribution >= 4 is 29.0 Å². The number of carbonyl (C=O) groups excluding carboxylic acids is 1. The van der Waals surface area contributed by atoms with Gasteiger partial charge in [-0.05, 0) is 37.6 Å². The van der Waals surface area contributed by atoms with E-state index in [-0.39, 0.29) is 11.9 Å². The van der Waals surface area contributed by atoms with Crippen molar-refractivity contribution in [1.82, 2.24) is 29.4 Å². The standard InChI is InChI=1S/C23H28N8O/c1-16-5-4-11-30(15-16)23-26-20(21-24-10-12-31(21)27-23)25-18-8-6-17(7-9-18)19-22(32)29(3)14-13-28(19)2/h6-10,12,19H,1,4-5,11,13-15H2,2-3H3,(H,25,26,27). The van der Waals surface area contributed by atoms with Gasteiger partial charge in [0.25, 0.3) is 0 Å². The number of benzene rings is 1. The Hall–Kier alpha value is -3.46. The summed E-state index contributed by atoms with van der Waals surface area (Å²) in [5.74, 6) is 1.43. The Labute approximate surface area is 187 Å². The maximum atomic E-state index is 12.7. The van der Waals surface area contributed by atoms with E-state index in [1.54, 1.807) is 15.6 Å². The third-order valence-electron chi connectivity index (χ3n) is 6.23. The predicted molar refractivity (Wildman–Crippen MR) is 124 cm³/mol. The highest BCUT2D eigenvalue weighted by Crippen LogP contribution is 2.28. The van der Waals surface area contributed by atoms with Crippen LogP contribution in [-0.4, -0.2) is 75.6 Å². The normalized spacial score (nSPS) is 20.2. The van der Waals surface area contributed by atoms with Crippen molar-refractivity contribution in [2.75, 3.05) is 50.5 Å². The maximum Gasteiger partial charge on any atom is 0.246 e. The number of imidazole rings is 1. The Morgan fingerprint density at radius 3 is 2.72 bits per heavy atom. The molecule has 2 aromatic heterocycles. The summed E-state index contributed by atoms with van der Waals surface area (Å²) >= 11 is 0. The molecule has 166 valence electrons. The first-order chi connectivity index (χ1) is 15.5. The number of aromatic nitrogens is 4. The van der Waals surface area contributed by atoms with Gasteiger partial charge in [-0.15, -0.1) is 5.10 Å². The molecule has 9 heteroatoms. The molecule has 1 unspecified atom stereocenters. The van der Waals surface area contributed by atoms with Crippen molar-refractivity contribution in [2.45, 2.75) is 18.9 Å². The van der Waals surface area contributed by atoms with Gasteiger partial charge in [-0.3, -0.25) is 9.69 Å². The van der Waals surface area contributed by atoms with Crippen molar-refractivity contribution in [2.24, 2.45) is 0 Å². The summed E-state index contributed by atoms with van der Waals surface area (Å²) < 4.78 is 1.75. The van der Waals surface area contributed by atoms with Crippen molar-refractivity contribution in [3.63, 3.8) is 0 Å². The monoisotopic (exact) mass is 432 g/mol. The number of carbonyl (C=O) groups is 1. The molecule has 32 heavy (non-hydrogen) atoms. The van der Waals surface area contributed by atoms with E-state index in [1.165, 1.54) is 5.57 Å². The van der Waals surface area contributed by atoms with Crippen molar-refractivity contribution in [1.29, 1.82) is 0 Å². The molecule has 4 heterocycles. The Morgan fingerprint density at radius 1 is 1.12 bits per heavy atom. The molecular weight excluding hydrogens is 404 g/mol. The van der Waals surface area contributed by atoms with Crippen LogP contribution in [0, 0.1) is 0 Å². The molecule has 2 aliphatic heterocycles. The van der Waals surface area contributed by atoms with Crippen LogP contribution in [0.15, 0.2) is 48.8 Å². The number of hydrogen-bond donors (Lipinski definition) is 1. The predicted octanol–water partition coefficient (Wildman–Crippen LogP) is 2.47. The minimum atomic E-state index is -0.250. The van der Waals surface area contributed by atoms with Crippen LogP contribution in [0.1, 0.15) is 24.4 Å². The summed E-state index contributed by atoms with van der Waals surface area (Å²) in [6.45, 7) is 7.42. The van der Waals surface area contributed by atoms with E-state index in [0.717, 1.165) is 50.3 Å². The quantitative estimate of drug-likeness (QED) is 0.634. The topological polar surface area (TPSA) is 81.9 Å². The molecule has 9 nitrogen and oxygen atoms in total. The summed E-state index contributed by atoms with van der Waals surface area (Å²) in [5, 5.41) is 8.03. The SMILES string of the molecule is C=C1CCCN(c2nc(Nc3ccc(C4C(=O)N(C)CCN4C)cc3)c3nccn3n2)C1. The average molecular weight is 433 g/mol. The first kappa shape index (κ1) is 20.4. The number of rotatable bonds is 4. The number of hydrogen-bond acceptors (Lipinski definition) is 7. The lowest BCUT2D eigenvalue weighted by molar-refractivity contribution is -0.139. The maximum absolute atomic E-state index is 12.7. The second-order valence-corrected chi connectivity index (χ2v) is 8.62. The fourth-order valence-corrected chi connectivity index (χ4v) is 4.38. The molecule has 0 spiro atoms. The van der Waals surface area contributed by atoms with E-state index < -0.39 is 0 Å². The van der Waals surface area contributed by atoms with Gasteiger partial charge in [-0.25, -0.2) is 9.50 Å². The molecule has 0 radical (unpaired) electrons. The van der Waals surface area contributed by atoms with Gasteiger partial charge in [0.2, 0.25) is 11.9 Å². The molecule has 0 bridgehead atoms. The lowest BCUT2D eigenvalue weighted by Crippen LogP contribution is -2.48. The highest BCUT2D eigenvalue weighted by molar-refractivity contribution is 5.84. The molecule has 1 N–H and O–H groups in total. The molecule has 1 amide bonds. The molecule has 0 saturated carbocycles. The zero-order chi connectivity index (χ0) is 22.2. The van der Waals surface area contributed by atoms with Gasteiger partial charge in [0, 0.05) is 51.3 Å². The zero-order valence-corrected chi connectivity index (χ0v) is 18.5. The van der Waals surface area contributed by atoms with Gasteiger partial charge >= 0.3 is 0 Å². The summed E-state index contributed by atoms with van der Waals surface area (Å²) in [4.78, 5) is 27.9. The smallest absolute Gasteiger partial charge is 0.246 e. The first-order valence-corrected chi connectivity index (χ1v) is 10.9. The van der Waals surface area contributed by atoms with Crippen molar-refractivity contribution < 1.29 is 4.79 Å². The Morgan fingerprint density at radius 2 is 1.94 bits per heavy atom. The van der Waals surface area contributed by atoms with Gasteiger partial charge in [0.1, 0.15) is 6.04 Å². The average Bonchev–Trinajstić information content (AvgIpc) is 3.27. The zero-order valence-electron chi connectivity index (χ0n) is 18.5. The minimum Gasteiger partial charge on any atom is -0.343 e. The molecule has 2 fully saturated rings. The lowest BCUT2D eigenvalue weighted by atomic mass is 10.0. The summed E-state index contributed by atoms with van der Waals surface area (Å²) in [5.41, 5.74) is 3.72. The van der Waals surface area contributed by atoms with E-state index in [4.69, 9.17) is 4.98 Å². The van der Waals surface area contributed by atoms with Gasteiger partial charge < -0.3 is 15.1 Å². The minimum absolute atomic E-state index is 0.127. The van der Waals surface area contributed by atoms with Crippen molar-refractivity contribution in [3.05, 3.63) is 54.4 Å². The molecular formula is C23H28N8O. The van der Waals surface area contributed by atoms with Crippen LogP contribution in [0.25, 0.3) is 5.65 Å². The molecule has 1 atom stereocenters. The highest BCUT2D eigenvalue weighted by atomic mass is 16.2. The molecule has 0 aliphatic carbocycles. The molecule has 3 aromatic rings. The van der Waals surface area contributed by atoms with Gasteiger partial charge in [-0.2, -0.15) is 4.98 Å². The Bertz CT molecular complexity index is 1150. The second-order valence-electron chi connectivity index (χ2n) is 8.62. The van der Waals surface area contributed by atoms with E-state index in [9.17, 15) is 4.79 Å². The number of likely N-dealkylation sites (N-methyl/N-ethyl adjacent to an activating group) is 2. The number of amides is 1. The number of nitrogens with zero attached hydrogens (tertiary/aromatic N) is 7. The van der Waals surface area contributed by atoms with Crippen LogP contribution in [0.2, 0.25) is 0 Å². The molecule has 2 aliphatic rings.